The van der Waals surface area contributed by atoms with Crippen molar-refractivity contribution in [3.63, 3.8) is 0 Å². The van der Waals surface area contributed by atoms with Crippen LogP contribution >= 0.6 is 0 Å². The molecule has 0 bridgehead atoms. The second-order valence-electron chi connectivity index (χ2n) is 8.29. The SMILES string of the molecule is COc1ccc(C(C)NS(=O)(=O)c2ccc(OC)c(C(=O)N3CCC(C)CC3)c2)cc1OC. The van der Waals surface area contributed by atoms with Gasteiger partial charge in [0.1, 0.15) is 5.75 Å². The lowest BCUT2D eigenvalue weighted by Crippen LogP contribution is -2.38. The van der Waals surface area contributed by atoms with Crippen LogP contribution in [0.4, 0.5) is 0 Å². The number of hydrogen-bond acceptors (Lipinski definition) is 6. The van der Waals surface area contributed by atoms with Crippen LogP contribution in [-0.2, 0) is 10.0 Å². The highest BCUT2D eigenvalue weighted by Crippen LogP contribution is 2.31. The fourth-order valence-corrected chi connectivity index (χ4v) is 5.15. The first-order valence-corrected chi connectivity index (χ1v) is 12.4. The van der Waals surface area contributed by atoms with Crippen LogP contribution in [0.2, 0.25) is 0 Å². The van der Waals surface area contributed by atoms with Gasteiger partial charge in [0.25, 0.3) is 5.91 Å². The number of methoxy groups -OCH3 is 3. The first-order chi connectivity index (χ1) is 15.7. The van der Waals surface area contributed by atoms with E-state index in [1.54, 1.807) is 30.0 Å². The highest BCUT2D eigenvalue weighted by Gasteiger charge is 2.27. The molecule has 8 nitrogen and oxygen atoms in total. The molecule has 1 atom stereocenters. The molecule has 0 aromatic heterocycles. The van der Waals surface area contributed by atoms with Crippen LogP contribution < -0.4 is 18.9 Å². The molecule has 2 aromatic carbocycles. The predicted molar refractivity (Wildman–Crippen MR) is 126 cm³/mol. The molecule has 1 fully saturated rings. The first kappa shape index (κ1) is 24.9. The van der Waals surface area contributed by atoms with E-state index in [0.29, 0.717) is 41.8 Å². The van der Waals surface area contributed by atoms with E-state index >= 15 is 0 Å². The van der Waals surface area contributed by atoms with Crippen LogP contribution in [0.25, 0.3) is 0 Å². The molecule has 0 spiro atoms. The number of sulfonamides is 1. The van der Waals surface area contributed by atoms with Crippen LogP contribution in [0.15, 0.2) is 41.3 Å². The lowest BCUT2D eigenvalue weighted by atomic mass is 9.98. The minimum Gasteiger partial charge on any atom is -0.496 e. The fourth-order valence-electron chi connectivity index (χ4n) is 3.89. The lowest BCUT2D eigenvalue weighted by molar-refractivity contribution is 0.0693. The number of hydrogen-bond donors (Lipinski definition) is 1. The normalized spacial score (nSPS) is 15.7. The van der Waals surface area contributed by atoms with Crippen LogP contribution in [0, 0.1) is 5.92 Å². The summed E-state index contributed by atoms with van der Waals surface area (Å²) < 4.78 is 44.9. The molecule has 1 N–H and O–H groups in total. The molecule has 0 saturated carbocycles. The summed E-state index contributed by atoms with van der Waals surface area (Å²) in [5, 5.41) is 0. The summed E-state index contributed by atoms with van der Waals surface area (Å²) in [6.07, 6.45) is 1.85. The maximum absolute atomic E-state index is 13.2. The van der Waals surface area contributed by atoms with E-state index in [0.717, 1.165) is 12.8 Å². The van der Waals surface area contributed by atoms with E-state index < -0.39 is 16.1 Å². The minimum absolute atomic E-state index is 0.00403. The highest BCUT2D eigenvalue weighted by molar-refractivity contribution is 7.89. The molecule has 0 aliphatic carbocycles. The van der Waals surface area contributed by atoms with Gasteiger partial charge in [-0.2, -0.15) is 0 Å². The molecular formula is C24H32N2O6S. The number of carbonyl (C=O) groups is 1. The zero-order valence-electron chi connectivity index (χ0n) is 19.8. The molecule has 3 rings (SSSR count). The summed E-state index contributed by atoms with van der Waals surface area (Å²) >= 11 is 0. The Hall–Kier alpha value is -2.78. The summed E-state index contributed by atoms with van der Waals surface area (Å²) in [7, 11) is 0.618. The van der Waals surface area contributed by atoms with Gasteiger partial charge in [0.05, 0.1) is 31.8 Å². The molecule has 180 valence electrons. The number of rotatable bonds is 8. The van der Waals surface area contributed by atoms with E-state index in [-0.39, 0.29) is 16.4 Å². The number of likely N-dealkylation sites (tertiary alicyclic amines) is 1. The maximum Gasteiger partial charge on any atom is 0.257 e. The summed E-state index contributed by atoms with van der Waals surface area (Å²) in [6.45, 7) is 5.20. The van der Waals surface area contributed by atoms with Crippen molar-refractivity contribution in [3.05, 3.63) is 47.5 Å². The number of nitrogens with one attached hydrogen (secondary N) is 1. The minimum atomic E-state index is -3.91. The van der Waals surface area contributed by atoms with Gasteiger partial charge in [-0.25, -0.2) is 13.1 Å². The Kier molecular flexibility index (Phi) is 7.86. The Bertz CT molecular complexity index is 1090. The van der Waals surface area contributed by atoms with Crippen LogP contribution in [0.1, 0.15) is 48.7 Å². The van der Waals surface area contributed by atoms with Crippen molar-refractivity contribution >= 4 is 15.9 Å². The third kappa shape index (κ3) is 5.59. The quantitative estimate of drug-likeness (QED) is 0.625. The van der Waals surface area contributed by atoms with E-state index in [4.69, 9.17) is 14.2 Å². The van der Waals surface area contributed by atoms with Crippen LogP contribution in [-0.4, -0.2) is 53.6 Å². The highest BCUT2D eigenvalue weighted by atomic mass is 32.2. The van der Waals surface area contributed by atoms with Crippen molar-refractivity contribution < 1.29 is 27.4 Å². The lowest BCUT2D eigenvalue weighted by Gasteiger charge is -2.30. The van der Waals surface area contributed by atoms with Gasteiger partial charge in [-0.05, 0) is 61.6 Å². The van der Waals surface area contributed by atoms with Gasteiger partial charge in [0, 0.05) is 19.1 Å². The molecule has 2 aromatic rings. The summed E-state index contributed by atoms with van der Waals surface area (Å²) in [6, 6.07) is 9.04. The average Bonchev–Trinajstić information content (AvgIpc) is 2.82. The second-order valence-corrected chi connectivity index (χ2v) is 10.0. The number of nitrogens with zero attached hydrogens (tertiary/aromatic N) is 1. The Morgan fingerprint density at radius 2 is 1.58 bits per heavy atom. The van der Waals surface area contributed by atoms with Gasteiger partial charge in [0.15, 0.2) is 11.5 Å². The molecule has 1 unspecified atom stereocenters. The number of ether oxygens (including phenoxy) is 3. The van der Waals surface area contributed by atoms with Gasteiger partial charge in [-0.15, -0.1) is 0 Å². The molecule has 1 aliphatic heterocycles. The predicted octanol–water partition coefficient (Wildman–Crippen LogP) is 3.62. The van der Waals surface area contributed by atoms with E-state index in [9.17, 15) is 13.2 Å². The summed E-state index contributed by atoms with van der Waals surface area (Å²) in [4.78, 5) is 14.9. The standard InChI is InChI=1S/C24H32N2O6S/c1-16-10-12-26(13-11-16)24(27)20-15-19(7-9-21(20)30-3)33(28,29)25-17(2)18-6-8-22(31-4)23(14-18)32-5/h6-9,14-17,25H,10-13H2,1-5H3. The zero-order valence-corrected chi connectivity index (χ0v) is 20.6. The Morgan fingerprint density at radius 3 is 2.18 bits per heavy atom. The van der Waals surface area contributed by atoms with Crippen molar-refractivity contribution in [1.29, 1.82) is 0 Å². The van der Waals surface area contributed by atoms with Crippen molar-refractivity contribution in [2.75, 3.05) is 34.4 Å². The van der Waals surface area contributed by atoms with E-state index in [2.05, 4.69) is 11.6 Å². The molecule has 1 heterocycles. The molecule has 9 heteroatoms. The fraction of sp³-hybridized carbons (Fsp3) is 0.458. The van der Waals surface area contributed by atoms with Crippen molar-refractivity contribution in [2.24, 2.45) is 5.92 Å². The number of benzene rings is 2. The smallest absolute Gasteiger partial charge is 0.257 e. The molecule has 1 aliphatic rings. The maximum atomic E-state index is 13.2. The summed E-state index contributed by atoms with van der Waals surface area (Å²) in [5.74, 6) is 1.77. The zero-order chi connectivity index (χ0) is 24.2. The largest absolute Gasteiger partial charge is 0.496 e. The molecule has 1 amide bonds. The molecule has 0 radical (unpaired) electrons. The number of amides is 1. The molecule has 1 saturated heterocycles. The van der Waals surface area contributed by atoms with Gasteiger partial charge < -0.3 is 19.1 Å². The Morgan fingerprint density at radius 1 is 0.970 bits per heavy atom. The summed E-state index contributed by atoms with van der Waals surface area (Å²) in [5.41, 5.74) is 0.956. The van der Waals surface area contributed by atoms with Gasteiger partial charge >= 0.3 is 0 Å². The van der Waals surface area contributed by atoms with Crippen LogP contribution in [0.5, 0.6) is 17.2 Å². The first-order valence-electron chi connectivity index (χ1n) is 10.9. The third-order valence-corrected chi connectivity index (χ3v) is 7.56. The average molecular weight is 477 g/mol. The molecule has 33 heavy (non-hydrogen) atoms. The van der Waals surface area contributed by atoms with Crippen molar-refractivity contribution in [2.45, 2.75) is 37.6 Å². The van der Waals surface area contributed by atoms with Gasteiger partial charge in [-0.1, -0.05) is 13.0 Å². The van der Waals surface area contributed by atoms with Crippen molar-refractivity contribution in [3.8, 4) is 17.2 Å². The Balaban J connectivity index is 1.86. The topological polar surface area (TPSA) is 94.2 Å². The van der Waals surface area contributed by atoms with E-state index in [1.165, 1.54) is 39.5 Å². The van der Waals surface area contributed by atoms with Gasteiger partial charge in [0.2, 0.25) is 10.0 Å². The number of piperidine rings is 1. The van der Waals surface area contributed by atoms with Crippen molar-refractivity contribution in [1.82, 2.24) is 9.62 Å². The third-order valence-electron chi connectivity index (χ3n) is 6.02. The monoisotopic (exact) mass is 476 g/mol. The van der Waals surface area contributed by atoms with Crippen LogP contribution in [0.3, 0.4) is 0 Å². The van der Waals surface area contributed by atoms with Gasteiger partial charge in [-0.3, -0.25) is 4.79 Å². The molecular weight excluding hydrogens is 444 g/mol. The van der Waals surface area contributed by atoms with E-state index in [1.807, 2.05) is 0 Å². The Labute approximate surface area is 195 Å². The number of carbonyl (C=O) groups excluding carboxylic acids is 1. The second kappa shape index (κ2) is 10.4.